The lowest BCUT2D eigenvalue weighted by molar-refractivity contribution is 0.0551. The first kappa shape index (κ1) is 21.7. The lowest BCUT2D eigenvalue weighted by Gasteiger charge is -2.11. The monoisotopic (exact) mass is 429 g/mol. The summed E-state index contributed by atoms with van der Waals surface area (Å²) in [6.45, 7) is -0.370. The molecule has 0 radical (unpaired) electrons. The highest BCUT2D eigenvalue weighted by Gasteiger charge is 2.25. The molecule has 1 heterocycles. The van der Waals surface area contributed by atoms with E-state index in [1.54, 1.807) is 30.3 Å². The van der Waals surface area contributed by atoms with Crippen LogP contribution in [0.1, 0.15) is 32.0 Å². The number of halogens is 2. The smallest absolute Gasteiger partial charge is 0.378 e. The Hall–Kier alpha value is -4.01. The lowest BCUT2D eigenvalue weighted by Crippen LogP contribution is -2.30. The first-order valence-electron chi connectivity index (χ1n) is 9.03. The van der Waals surface area contributed by atoms with Gasteiger partial charge in [0.25, 0.3) is 11.7 Å². The van der Waals surface area contributed by atoms with Gasteiger partial charge in [-0.2, -0.15) is 0 Å². The van der Waals surface area contributed by atoms with Crippen molar-refractivity contribution in [2.45, 2.75) is 13.2 Å². The SMILES string of the molecule is COC(=O)c1occ(C(=O)NCc2ccc(F)cc2F)c(=O)c1OCc1ccccc1. The molecule has 0 spiro atoms. The number of rotatable bonds is 7. The van der Waals surface area contributed by atoms with Gasteiger partial charge >= 0.3 is 5.97 Å². The summed E-state index contributed by atoms with van der Waals surface area (Å²) in [6, 6.07) is 11.7. The van der Waals surface area contributed by atoms with Crippen LogP contribution in [-0.2, 0) is 17.9 Å². The molecule has 1 amide bonds. The third-order valence-corrected chi connectivity index (χ3v) is 4.25. The molecule has 1 N–H and O–H groups in total. The standard InChI is InChI=1S/C22H17F2NO6/c1-29-22(28)20-19(30-11-13-5-3-2-4-6-13)18(26)16(12-31-20)21(27)25-10-14-7-8-15(23)9-17(14)24/h2-9,12H,10-11H2,1H3,(H,25,27). The maximum atomic E-state index is 13.7. The fourth-order valence-electron chi connectivity index (χ4n) is 2.64. The number of carbonyl (C=O) groups excluding carboxylic acids is 2. The van der Waals surface area contributed by atoms with Crippen LogP contribution in [0.15, 0.2) is 64.0 Å². The van der Waals surface area contributed by atoms with Crippen LogP contribution in [0.25, 0.3) is 0 Å². The Kier molecular flexibility index (Phi) is 6.76. The van der Waals surface area contributed by atoms with Crippen LogP contribution in [0, 0.1) is 11.6 Å². The molecule has 0 aliphatic rings. The molecule has 0 unspecified atom stereocenters. The summed E-state index contributed by atoms with van der Waals surface area (Å²) in [5.41, 5.74) is -0.636. The predicted octanol–water partition coefficient (Wildman–Crippen LogP) is 3.21. The van der Waals surface area contributed by atoms with Gasteiger partial charge in [-0.05, 0) is 11.6 Å². The zero-order valence-electron chi connectivity index (χ0n) is 16.3. The molecule has 3 rings (SSSR count). The average molecular weight is 429 g/mol. The number of ether oxygens (including phenoxy) is 2. The first-order chi connectivity index (χ1) is 14.9. The molecule has 0 saturated heterocycles. The molecule has 0 saturated carbocycles. The maximum absolute atomic E-state index is 13.7. The van der Waals surface area contributed by atoms with Gasteiger partial charge in [-0.15, -0.1) is 0 Å². The molecular weight excluding hydrogens is 412 g/mol. The number of hydrogen-bond acceptors (Lipinski definition) is 6. The summed E-state index contributed by atoms with van der Waals surface area (Å²) in [5, 5.41) is 2.35. The second kappa shape index (κ2) is 9.66. The maximum Gasteiger partial charge on any atom is 0.378 e. The van der Waals surface area contributed by atoms with E-state index in [1.807, 2.05) is 0 Å². The van der Waals surface area contributed by atoms with Crippen molar-refractivity contribution >= 4 is 11.9 Å². The Bertz CT molecular complexity index is 1160. The molecule has 31 heavy (non-hydrogen) atoms. The topological polar surface area (TPSA) is 94.8 Å². The van der Waals surface area contributed by atoms with Crippen molar-refractivity contribution < 1.29 is 32.3 Å². The normalized spacial score (nSPS) is 10.4. The van der Waals surface area contributed by atoms with Crippen LogP contribution in [0.4, 0.5) is 8.78 Å². The lowest BCUT2D eigenvalue weighted by atomic mass is 10.2. The van der Waals surface area contributed by atoms with Crippen LogP contribution in [0.2, 0.25) is 0 Å². The van der Waals surface area contributed by atoms with Gasteiger partial charge in [0.1, 0.15) is 30.1 Å². The van der Waals surface area contributed by atoms with E-state index < -0.39 is 46.0 Å². The second-order valence-corrected chi connectivity index (χ2v) is 6.32. The van der Waals surface area contributed by atoms with Crippen molar-refractivity contribution in [1.29, 1.82) is 0 Å². The molecule has 0 bridgehead atoms. The molecular formula is C22H17F2NO6. The molecule has 2 aromatic carbocycles. The molecule has 3 aromatic rings. The summed E-state index contributed by atoms with van der Waals surface area (Å²) in [4.78, 5) is 37.2. The van der Waals surface area contributed by atoms with Crippen LogP contribution in [-0.4, -0.2) is 19.0 Å². The highest BCUT2D eigenvalue weighted by Crippen LogP contribution is 2.18. The molecule has 9 heteroatoms. The predicted molar refractivity (Wildman–Crippen MR) is 105 cm³/mol. The second-order valence-electron chi connectivity index (χ2n) is 6.32. The summed E-state index contributed by atoms with van der Waals surface area (Å²) in [7, 11) is 1.10. The Morgan fingerprint density at radius 2 is 1.84 bits per heavy atom. The van der Waals surface area contributed by atoms with E-state index in [2.05, 4.69) is 10.1 Å². The van der Waals surface area contributed by atoms with Gasteiger partial charge < -0.3 is 19.2 Å². The van der Waals surface area contributed by atoms with Gasteiger partial charge in [-0.3, -0.25) is 9.59 Å². The Morgan fingerprint density at radius 1 is 1.10 bits per heavy atom. The largest absolute Gasteiger partial charge is 0.481 e. The van der Waals surface area contributed by atoms with Gasteiger partial charge in [0, 0.05) is 18.2 Å². The summed E-state index contributed by atoms with van der Waals surface area (Å²) in [6.07, 6.45) is 0.792. The number of benzene rings is 2. The molecule has 160 valence electrons. The van der Waals surface area contributed by atoms with Gasteiger partial charge in [-0.1, -0.05) is 36.4 Å². The highest BCUT2D eigenvalue weighted by molar-refractivity contribution is 5.95. The van der Waals surface area contributed by atoms with E-state index in [0.717, 1.165) is 19.4 Å². The number of carbonyl (C=O) groups is 2. The van der Waals surface area contributed by atoms with E-state index >= 15 is 0 Å². The van der Waals surface area contributed by atoms with E-state index in [0.29, 0.717) is 11.6 Å². The zero-order valence-corrected chi connectivity index (χ0v) is 16.3. The first-order valence-corrected chi connectivity index (χ1v) is 9.03. The van der Waals surface area contributed by atoms with Crippen molar-refractivity contribution in [1.82, 2.24) is 5.32 Å². The van der Waals surface area contributed by atoms with Gasteiger partial charge in [0.15, 0.2) is 0 Å². The van der Waals surface area contributed by atoms with Crippen molar-refractivity contribution in [2.75, 3.05) is 7.11 Å². The molecule has 0 aliphatic heterocycles. The number of methoxy groups -OCH3 is 1. The van der Waals surface area contributed by atoms with Crippen LogP contribution < -0.4 is 15.5 Å². The quantitative estimate of drug-likeness (QED) is 0.580. The molecule has 0 aliphatic carbocycles. The molecule has 0 fully saturated rings. The fraction of sp³-hybridized carbons (Fsp3) is 0.136. The van der Waals surface area contributed by atoms with E-state index in [1.165, 1.54) is 6.07 Å². The molecule has 0 atom stereocenters. The van der Waals surface area contributed by atoms with Crippen molar-refractivity contribution in [3.63, 3.8) is 0 Å². The van der Waals surface area contributed by atoms with Gasteiger partial charge in [-0.25, -0.2) is 13.6 Å². The number of nitrogens with one attached hydrogen (secondary N) is 1. The number of hydrogen-bond donors (Lipinski definition) is 1. The minimum atomic E-state index is -0.958. The van der Waals surface area contributed by atoms with Gasteiger partial charge in [0.2, 0.25) is 11.2 Å². The van der Waals surface area contributed by atoms with Crippen LogP contribution in [0.5, 0.6) is 5.75 Å². The Morgan fingerprint density at radius 3 is 2.52 bits per heavy atom. The third kappa shape index (κ3) is 5.13. The minimum Gasteiger partial charge on any atom is -0.481 e. The summed E-state index contributed by atoms with van der Waals surface area (Å²) < 4.78 is 42.0. The van der Waals surface area contributed by atoms with E-state index in [9.17, 15) is 23.2 Å². The molecule has 7 nitrogen and oxygen atoms in total. The van der Waals surface area contributed by atoms with Crippen LogP contribution >= 0.6 is 0 Å². The van der Waals surface area contributed by atoms with Crippen molar-refractivity contribution in [2.24, 2.45) is 0 Å². The van der Waals surface area contributed by atoms with Crippen molar-refractivity contribution in [3.8, 4) is 5.75 Å². The number of amides is 1. The third-order valence-electron chi connectivity index (χ3n) is 4.25. The Labute approximate surface area is 175 Å². The Balaban J connectivity index is 1.85. The van der Waals surface area contributed by atoms with Gasteiger partial charge in [0.05, 0.1) is 7.11 Å². The van der Waals surface area contributed by atoms with Crippen molar-refractivity contribution in [3.05, 3.63) is 99.1 Å². The average Bonchev–Trinajstić information content (AvgIpc) is 2.77. The fourth-order valence-corrected chi connectivity index (χ4v) is 2.64. The molecule has 1 aromatic heterocycles. The summed E-state index contributed by atoms with van der Waals surface area (Å²) in [5.74, 6) is -4.44. The van der Waals surface area contributed by atoms with E-state index in [-0.39, 0.29) is 18.7 Å². The highest BCUT2D eigenvalue weighted by atomic mass is 19.1. The minimum absolute atomic E-state index is 0.0193. The van der Waals surface area contributed by atoms with E-state index in [4.69, 9.17) is 9.15 Å². The zero-order chi connectivity index (χ0) is 22.4. The summed E-state index contributed by atoms with van der Waals surface area (Å²) >= 11 is 0. The number of esters is 1. The van der Waals surface area contributed by atoms with Crippen LogP contribution in [0.3, 0.4) is 0 Å².